The highest BCUT2D eigenvalue weighted by Gasteiger charge is 2.35. The molecule has 1 heterocycles. The van der Waals surface area contributed by atoms with E-state index in [9.17, 15) is 9.50 Å². The summed E-state index contributed by atoms with van der Waals surface area (Å²) in [6.07, 6.45) is 2.91. The fourth-order valence-electron chi connectivity index (χ4n) is 3.76. The zero-order valence-corrected chi connectivity index (χ0v) is 14.3. The number of benzene rings is 2. The van der Waals surface area contributed by atoms with Crippen LogP contribution in [0, 0.1) is 18.2 Å². The summed E-state index contributed by atoms with van der Waals surface area (Å²) in [7, 11) is 0. The van der Waals surface area contributed by atoms with E-state index in [-0.39, 0.29) is 17.8 Å². The molecule has 3 rings (SSSR count). The maximum Gasteiger partial charge on any atom is 0.123 e. The van der Waals surface area contributed by atoms with Gasteiger partial charge >= 0.3 is 0 Å². The molecule has 1 atom stereocenters. The van der Waals surface area contributed by atoms with E-state index in [1.165, 1.54) is 23.3 Å². The summed E-state index contributed by atoms with van der Waals surface area (Å²) in [5, 5.41) is 10.1. The number of likely N-dealkylation sites (tertiary alicyclic amines) is 1. The predicted octanol–water partition coefficient (Wildman–Crippen LogP) is 3.95. The third-order valence-corrected chi connectivity index (χ3v) is 5.10. The van der Waals surface area contributed by atoms with Gasteiger partial charge in [-0.1, -0.05) is 42.0 Å². The molecule has 0 saturated carbocycles. The van der Waals surface area contributed by atoms with Crippen molar-refractivity contribution >= 4 is 0 Å². The van der Waals surface area contributed by atoms with E-state index in [1.54, 1.807) is 0 Å². The summed E-state index contributed by atoms with van der Waals surface area (Å²) in [6.45, 7) is 5.15. The molecule has 128 valence electrons. The van der Waals surface area contributed by atoms with Gasteiger partial charge < -0.3 is 5.11 Å². The van der Waals surface area contributed by atoms with Crippen molar-refractivity contribution in [2.24, 2.45) is 5.41 Å². The molecule has 0 radical (unpaired) electrons. The van der Waals surface area contributed by atoms with Crippen LogP contribution in [0.15, 0.2) is 48.5 Å². The smallest absolute Gasteiger partial charge is 0.123 e. The molecule has 1 fully saturated rings. The van der Waals surface area contributed by atoms with E-state index in [0.29, 0.717) is 0 Å². The topological polar surface area (TPSA) is 23.5 Å². The van der Waals surface area contributed by atoms with Gasteiger partial charge in [-0.25, -0.2) is 4.39 Å². The van der Waals surface area contributed by atoms with Crippen LogP contribution >= 0.6 is 0 Å². The molecule has 2 aromatic carbocycles. The molecule has 2 nitrogen and oxygen atoms in total. The van der Waals surface area contributed by atoms with E-state index in [2.05, 4.69) is 36.1 Å². The van der Waals surface area contributed by atoms with Gasteiger partial charge in [0.25, 0.3) is 0 Å². The Labute approximate surface area is 143 Å². The Morgan fingerprint density at radius 2 is 1.71 bits per heavy atom. The van der Waals surface area contributed by atoms with E-state index >= 15 is 0 Å². The number of piperidine rings is 1. The van der Waals surface area contributed by atoms with Crippen molar-refractivity contribution in [3.05, 3.63) is 71.0 Å². The van der Waals surface area contributed by atoms with Crippen molar-refractivity contribution in [1.29, 1.82) is 0 Å². The van der Waals surface area contributed by atoms with Crippen molar-refractivity contribution in [2.45, 2.75) is 32.7 Å². The Balaban J connectivity index is 1.69. The summed E-state index contributed by atoms with van der Waals surface area (Å²) >= 11 is 0. The molecule has 24 heavy (non-hydrogen) atoms. The van der Waals surface area contributed by atoms with E-state index in [4.69, 9.17) is 0 Å². The Morgan fingerprint density at radius 1 is 1.04 bits per heavy atom. The number of aliphatic hydroxyl groups excluding tert-OH is 1. The fourth-order valence-corrected chi connectivity index (χ4v) is 3.76. The second-order valence-electron chi connectivity index (χ2n) is 7.26. The zero-order valence-electron chi connectivity index (χ0n) is 14.3. The quantitative estimate of drug-likeness (QED) is 0.899. The van der Waals surface area contributed by atoms with E-state index in [1.807, 2.05) is 12.1 Å². The van der Waals surface area contributed by atoms with Gasteiger partial charge in [0, 0.05) is 18.5 Å². The van der Waals surface area contributed by atoms with Crippen LogP contribution < -0.4 is 0 Å². The van der Waals surface area contributed by atoms with Crippen LogP contribution in [0.4, 0.5) is 4.39 Å². The van der Waals surface area contributed by atoms with Gasteiger partial charge in [-0.3, -0.25) is 4.90 Å². The minimum atomic E-state index is -0.207. The SMILES string of the molecule is Cc1ccc(CN2CCC[C@](CO)(Cc3ccc(F)cc3)C2)cc1. The first kappa shape index (κ1) is 17.1. The number of hydrogen-bond donors (Lipinski definition) is 1. The third kappa shape index (κ3) is 4.22. The molecule has 0 amide bonds. The van der Waals surface area contributed by atoms with Crippen LogP contribution in [-0.4, -0.2) is 29.7 Å². The van der Waals surface area contributed by atoms with E-state index < -0.39 is 0 Å². The van der Waals surface area contributed by atoms with Crippen LogP contribution in [0.1, 0.15) is 29.5 Å². The highest BCUT2D eigenvalue weighted by molar-refractivity contribution is 5.22. The average molecular weight is 327 g/mol. The number of aryl methyl sites for hydroxylation is 1. The standard InChI is InChI=1S/C21H26FNO/c1-17-3-5-19(6-4-17)14-23-12-2-11-21(15-23,16-24)13-18-7-9-20(22)10-8-18/h3-10,24H,2,11-16H2,1H3/t21-/m0/s1. The molecule has 0 aliphatic carbocycles. The van der Waals surface area contributed by atoms with Crippen molar-refractivity contribution < 1.29 is 9.50 Å². The average Bonchev–Trinajstić information content (AvgIpc) is 2.59. The maximum atomic E-state index is 13.1. The first-order chi connectivity index (χ1) is 11.6. The summed E-state index contributed by atoms with van der Waals surface area (Å²) in [6, 6.07) is 15.4. The van der Waals surface area contributed by atoms with Gasteiger partial charge in [-0.2, -0.15) is 0 Å². The first-order valence-electron chi connectivity index (χ1n) is 8.72. The van der Waals surface area contributed by atoms with Crippen LogP contribution in [-0.2, 0) is 13.0 Å². The molecule has 1 aliphatic heterocycles. The second kappa shape index (κ2) is 7.45. The normalized spacial score (nSPS) is 21.8. The number of halogens is 1. The lowest BCUT2D eigenvalue weighted by Crippen LogP contribution is -2.46. The molecule has 2 aromatic rings. The lowest BCUT2D eigenvalue weighted by Gasteiger charge is -2.42. The van der Waals surface area contributed by atoms with Crippen molar-refractivity contribution in [1.82, 2.24) is 4.90 Å². The molecule has 0 spiro atoms. The largest absolute Gasteiger partial charge is 0.396 e. The van der Waals surface area contributed by atoms with Gasteiger partial charge in [-0.15, -0.1) is 0 Å². The Bertz CT molecular complexity index is 653. The molecule has 0 aromatic heterocycles. The molecule has 1 N–H and O–H groups in total. The Hall–Kier alpha value is -1.71. The molecular formula is C21H26FNO. The summed E-state index contributed by atoms with van der Waals surface area (Å²) in [5.74, 6) is -0.207. The Morgan fingerprint density at radius 3 is 2.38 bits per heavy atom. The molecular weight excluding hydrogens is 301 g/mol. The minimum absolute atomic E-state index is 0.124. The molecule has 0 unspecified atom stereocenters. The van der Waals surface area contributed by atoms with Crippen molar-refractivity contribution in [3.8, 4) is 0 Å². The van der Waals surface area contributed by atoms with Crippen molar-refractivity contribution in [2.75, 3.05) is 19.7 Å². The fraction of sp³-hybridized carbons (Fsp3) is 0.429. The van der Waals surface area contributed by atoms with Crippen LogP contribution in [0.25, 0.3) is 0 Å². The van der Waals surface area contributed by atoms with E-state index in [0.717, 1.165) is 44.5 Å². The maximum absolute atomic E-state index is 13.1. The summed E-state index contributed by atoms with van der Waals surface area (Å²) in [5.41, 5.74) is 3.57. The summed E-state index contributed by atoms with van der Waals surface area (Å²) in [4.78, 5) is 2.44. The van der Waals surface area contributed by atoms with Gasteiger partial charge in [0.05, 0.1) is 6.61 Å². The first-order valence-corrected chi connectivity index (χ1v) is 8.72. The number of rotatable bonds is 5. The second-order valence-corrected chi connectivity index (χ2v) is 7.26. The monoisotopic (exact) mass is 327 g/mol. The molecule has 0 bridgehead atoms. The predicted molar refractivity (Wildman–Crippen MR) is 95.3 cm³/mol. The Kier molecular flexibility index (Phi) is 5.32. The van der Waals surface area contributed by atoms with Gasteiger partial charge in [0.2, 0.25) is 0 Å². The van der Waals surface area contributed by atoms with Gasteiger partial charge in [-0.05, 0) is 56.0 Å². The minimum Gasteiger partial charge on any atom is -0.396 e. The molecule has 3 heteroatoms. The van der Waals surface area contributed by atoms with Crippen LogP contribution in [0.5, 0.6) is 0 Å². The highest BCUT2D eigenvalue weighted by Crippen LogP contribution is 2.34. The van der Waals surface area contributed by atoms with Crippen LogP contribution in [0.2, 0.25) is 0 Å². The molecule has 1 saturated heterocycles. The lowest BCUT2D eigenvalue weighted by molar-refractivity contribution is 0.0288. The highest BCUT2D eigenvalue weighted by atomic mass is 19.1. The third-order valence-electron chi connectivity index (χ3n) is 5.10. The van der Waals surface area contributed by atoms with Crippen molar-refractivity contribution in [3.63, 3.8) is 0 Å². The van der Waals surface area contributed by atoms with Gasteiger partial charge in [0.1, 0.15) is 5.82 Å². The number of aliphatic hydroxyl groups is 1. The molecule has 1 aliphatic rings. The zero-order chi connectivity index (χ0) is 17.0. The summed E-state index contributed by atoms with van der Waals surface area (Å²) < 4.78 is 13.1. The lowest BCUT2D eigenvalue weighted by atomic mass is 9.75. The number of hydrogen-bond acceptors (Lipinski definition) is 2. The van der Waals surface area contributed by atoms with Gasteiger partial charge in [0.15, 0.2) is 0 Å². The van der Waals surface area contributed by atoms with Crippen LogP contribution in [0.3, 0.4) is 0 Å². The number of nitrogens with zero attached hydrogens (tertiary/aromatic N) is 1.